The molecule has 3 nitrogen and oxygen atoms in total. The molecule has 1 heterocycles. The highest BCUT2D eigenvalue weighted by Gasteiger charge is 2.27. The number of rotatable bonds is 7. The molecule has 0 saturated heterocycles. The molecule has 1 atom stereocenters. The third-order valence-electron chi connectivity index (χ3n) is 2.60. The van der Waals surface area contributed by atoms with E-state index < -0.39 is 18.9 Å². The first-order valence-electron chi connectivity index (χ1n) is 6.17. The van der Waals surface area contributed by atoms with Gasteiger partial charge in [-0.1, -0.05) is 13.0 Å². The largest absolute Gasteiger partial charge is 0.411 e. The molecule has 0 radical (unpaired) electrons. The standard InChI is InChI=1S/C13H18F3NO2/c1-2-10-3-4-11(17-8-10)7-12(18)5-6-19-9-13(14,15)16/h3-4,8,12,18H,2,5-7,9H2,1H3. The van der Waals surface area contributed by atoms with E-state index >= 15 is 0 Å². The first kappa shape index (κ1) is 15.9. The first-order chi connectivity index (χ1) is 8.90. The summed E-state index contributed by atoms with van der Waals surface area (Å²) >= 11 is 0. The van der Waals surface area contributed by atoms with E-state index in [1.807, 2.05) is 19.1 Å². The molecule has 1 N–H and O–H groups in total. The van der Waals surface area contributed by atoms with Gasteiger partial charge in [0.15, 0.2) is 0 Å². The fourth-order valence-electron chi connectivity index (χ4n) is 1.54. The molecule has 1 aromatic rings. The van der Waals surface area contributed by atoms with Crippen LogP contribution in [0.4, 0.5) is 13.2 Å². The summed E-state index contributed by atoms with van der Waals surface area (Å²) in [5, 5.41) is 9.66. The Hall–Kier alpha value is -1.14. The smallest absolute Gasteiger partial charge is 0.393 e. The number of aliphatic hydroxyl groups excluding tert-OH is 1. The SMILES string of the molecule is CCc1ccc(CC(O)CCOCC(F)(F)F)nc1. The summed E-state index contributed by atoms with van der Waals surface area (Å²) in [7, 11) is 0. The second-order valence-corrected chi connectivity index (χ2v) is 4.33. The number of aromatic nitrogens is 1. The van der Waals surface area contributed by atoms with Gasteiger partial charge in [-0.2, -0.15) is 13.2 Å². The number of alkyl halides is 3. The van der Waals surface area contributed by atoms with Crippen LogP contribution in [0.1, 0.15) is 24.6 Å². The normalized spacial score (nSPS) is 13.5. The summed E-state index contributed by atoms with van der Waals surface area (Å²) < 4.78 is 39.8. The second-order valence-electron chi connectivity index (χ2n) is 4.33. The highest BCUT2D eigenvalue weighted by molar-refractivity contribution is 5.14. The Labute approximate surface area is 110 Å². The van der Waals surface area contributed by atoms with Gasteiger partial charge in [0.25, 0.3) is 0 Å². The average Bonchev–Trinajstić information content (AvgIpc) is 2.34. The number of ether oxygens (including phenoxy) is 1. The van der Waals surface area contributed by atoms with Crippen molar-refractivity contribution in [3.8, 4) is 0 Å². The second kappa shape index (κ2) is 7.45. The lowest BCUT2D eigenvalue weighted by molar-refractivity contribution is -0.175. The molecule has 1 aromatic heterocycles. The number of aliphatic hydroxyl groups is 1. The number of nitrogens with zero attached hydrogens (tertiary/aromatic N) is 1. The quantitative estimate of drug-likeness (QED) is 0.779. The zero-order valence-electron chi connectivity index (χ0n) is 10.8. The summed E-state index contributed by atoms with van der Waals surface area (Å²) in [6.07, 6.45) is -1.95. The van der Waals surface area contributed by atoms with Crippen molar-refractivity contribution in [1.29, 1.82) is 0 Å². The predicted octanol–water partition coefficient (Wildman–Crippen LogP) is 2.52. The Kier molecular flexibility index (Phi) is 6.24. The number of halogens is 3. The van der Waals surface area contributed by atoms with E-state index in [0.29, 0.717) is 6.42 Å². The van der Waals surface area contributed by atoms with Crippen molar-refractivity contribution in [2.75, 3.05) is 13.2 Å². The van der Waals surface area contributed by atoms with Crippen molar-refractivity contribution in [3.05, 3.63) is 29.6 Å². The molecule has 0 aliphatic rings. The third-order valence-corrected chi connectivity index (χ3v) is 2.60. The Morgan fingerprint density at radius 2 is 2.11 bits per heavy atom. The number of hydrogen-bond donors (Lipinski definition) is 1. The average molecular weight is 277 g/mol. The van der Waals surface area contributed by atoms with Crippen LogP contribution in [0.5, 0.6) is 0 Å². The van der Waals surface area contributed by atoms with E-state index in [4.69, 9.17) is 0 Å². The molecule has 0 spiro atoms. The highest BCUT2D eigenvalue weighted by atomic mass is 19.4. The Bertz CT molecular complexity index is 365. The van der Waals surface area contributed by atoms with Gasteiger partial charge in [-0.05, 0) is 24.5 Å². The molecule has 0 fully saturated rings. The third kappa shape index (κ3) is 7.12. The lowest BCUT2D eigenvalue weighted by Crippen LogP contribution is -2.20. The van der Waals surface area contributed by atoms with Gasteiger partial charge in [0, 0.05) is 24.9 Å². The van der Waals surface area contributed by atoms with E-state index in [1.165, 1.54) is 0 Å². The first-order valence-corrected chi connectivity index (χ1v) is 6.17. The van der Waals surface area contributed by atoms with Gasteiger partial charge >= 0.3 is 6.18 Å². The minimum absolute atomic E-state index is 0.117. The van der Waals surface area contributed by atoms with Crippen molar-refractivity contribution in [3.63, 3.8) is 0 Å². The lowest BCUT2D eigenvalue weighted by Gasteiger charge is -2.11. The highest BCUT2D eigenvalue weighted by Crippen LogP contribution is 2.14. The Morgan fingerprint density at radius 1 is 1.37 bits per heavy atom. The Balaban J connectivity index is 2.24. The molecule has 19 heavy (non-hydrogen) atoms. The fourth-order valence-corrected chi connectivity index (χ4v) is 1.54. The minimum atomic E-state index is -4.32. The van der Waals surface area contributed by atoms with Crippen LogP contribution in [-0.4, -0.2) is 35.6 Å². The molecule has 108 valence electrons. The maximum Gasteiger partial charge on any atom is 0.411 e. The van der Waals surface area contributed by atoms with Gasteiger partial charge in [-0.3, -0.25) is 4.98 Å². The van der Waals surface area contributed by atoms with Crippen LogP contribution >= 0.6 is 0 Å². The molecular formula is C13H18F3NO2. The minimum Gasteiger partial charge on any atom is -0.393 e. The molecule has 1 unspecified atom stereocenters. The van der Waals surface area contributed by atoms with E-state index in [9.17, 15) is 18.3 Å². The van der Waals surface area contributed by atoms with Crippen molar-refractivity contribution >= 4 is 0 Å². The summed E-state index contributed by atoms with van der Waals surface area (Å²) in [5.41, 5.74) is 1.83. The van der Waals surface area contributed by atoms with E-state index in [-0.39, 0.29) is 13.0 Å². The zero-order chi connectivity index (χ0) is 14.3. The van der Waals surface area contributed by atoms with Gasteiger partial charge in [-0.15, -0.1) is 0 Å². The monoisotopic (exact) mass is 277 g/mol. The van der Waals surface area contributed by atoms with Crippen molar-refractivity contribution in [2.45, 2.75) is 38.5 Å². The molecule has 6 heteroatoms. The van der Waals surface area contributed by atoms with Gasteiger partial charge in [0.05, 0.1) is 6.10 Å². The van der Waals surface area contributed by atoms with E-state index in [0.717, 1.165) is 17.7 Å². The molecule has 0 saturated carbocycles. The van der Waals surface area contributed by atoms with Gasteiger partial charge in [0.2, 0.25) is 0 Å². The lowest BCUT2D eigenvalue weighted by atomic mass is 10.1. The topological polar surface area (TPSA) is 42.4 Å². The summed E-state index contributed by atoms with van der Waals surface area (Å²) in [5.74, 6) is 0. The van der Waals surface area contributed by atoms with Crippen LogP contribution in [0.3, 0.4) is 0 Å². The van der Waals surface area contributed by atoms with Crippen LogP contribution in [0.2, 0.25) is 0 Å². The molecule has 0 amide bonds. The van der Waals surface area contributed by atoms with Gasteiger partial charge in [-0.25, -0.2) is 0 Å². The Morgan fingerprint density at radius 3 is 2.63 bits per heavy atom. The predicted molar refractivity (Wildman–Crippen MR) is 64.8 cm³/mol. The molecular weight excluding hydrogens is 259 g/mol. The summed E-state index contributed by atoms with van der Waals surface area (Å²) in [4.78, 5) is 4.18. The summed E-state index contributed by atoms with van der Waals surface area (Å²) in [6, 6.07) is 3.74. The molecule has 1 rings (SSSR count). The van der Waals surface area contributed by atoms with Crippen molar-refractivity contribution < 1.29 is 23.0 Å². The molecule has 0 aliphatic heterocycles. The molecule has 0 bridgehead atoms. The van der Waals surface area contributed by atoms with Crippen molar-refractivity contribution in [2.24, 2.45) is 0 Å². The maximum atomic E-state index is 11.8. The van der Waals surface area contributed by atoms with Crippen LogP contribution in [0.25, 0.3) is 0 Å². The number of pyridine rings is 1. The zero-order valence-corrected chi connectivity index (χ0v) is 10.8. The van der Waals surface area contributed by atoms with Crippen LogP contribution in [0.15, 0.2) is 18.3 Å². The van der Waals surface area contributed by atoms with E-state index in [2.05, 4.69) is 9.72 Å². The van der Waals surface area contributed by atoms with Crippen LogP contribution in [-0.2, 0) is 17.6 Å². The number of hydrogen-bond acceptors (Lipinski definition) is 3. The van der Waals surface area contributed by atoms with Crippen LogP contribution in [0, 0.1) is 0 Å². The molecule has 0 aromatic carbocycles. The number of aryl methyl sites for hydroxylation is 1. The van der Waals surface area contributed by atoms with Crippen molar-refractivity contribution in [1.82, 2.24) is 4.98 Å². The van der Waals surface area contributed by atoms with Gasteiger partial charge in [0.1, 0.15) is 6.61 Å². The maximum absolute atomic E-state index is 11.8. The fraction of sp³-hybridized carbons (Fsp3) is 0.615. The molecule has 0 aliphatic carbocycles. The summed E-state index contributed by atoms with van der Waals surface area (Å²) in [6.45, 7) is 0.625. The van der Waals surface area contributed by atoms with Crippen LogP contribution < -0.4 is 0 Å². The van der Waals surface area contributed by atoms with E-state index in [1.54, 1.807) is 6.20 Å². The van der Waals surface area contributed by atoms with Gasteiger partial charge < -0.3 is 9.84 Å².